The Balaban J connectivity index is 1.89. The lowest BCUT2D eigenvalue weighted by Gasteiger charge is -2.35. The number of benzene rings is 1. The number of amides is 1. The van der Waals surface area contributed by atoms with E-state index in [1.807, 2.05) is 29.2 Å². The number of carbonyl (C=O) groups excluding carboxylic acids is 1. The van der Waals surface area contributed by atoms with E-state index in [0.29, 0.717) is 6.54 Å². The van der Waals surface area contributed by atoms with Gasteiger partial charge in [0.1, 0.15) is 11.9 Å². The summed E-state index contributed by atoms with van der Waals surface area (Å²) in [5.41, 5.74) is 1.02. The van der Waals surface area contributed by atoms with Gasteiger partial charge in [-0.3, -0.25) is 10.1 Å². The second kappa shape index (κ2) is 5.81. The standard InChI is InChI=1S/C15H20N2O3/c1-19-13-5-3-2-4-12(13)15-16-10-14(18)17(15)11-6-8-20-9-7-11/h2-5,11,15-16H,6-10H2,1H3. The van der Waals surface area contributed by atoms with Gasteiger partial charge in [-0.25, -0.2) is 0 Å². The minimum absolute atomic E-state index is 0.0956. The molecule has 0 spiro atoms. The number of rotatable bonds is 3. The molecule has 1 unspecified atom stereocenters. The van der Waals surface area contributed by atoms with E-state index in [2.05, 4.69) is 5.32 Å². The van der Waals surface area contributed by atoms with Gasteiger partial charge >= 0.3 is 0 Å². The van der Waals surface area contributed by atoms with Crippen molar-refractivity contribution in [2.75, 3.05) is 26.9 Å². The van der Waals surface area contributed by atoms with Crippen molar-refractivity contribution in [3.05, 3.63) is 29.8 Å². The third-order valence-electron chi connectivity index (χ3n) is 4.03. The second-order valence-corrected chi connectivity index (χ2v) is 5.17. The van der Waals surface area contributed by atoms with Crippen LogP contribution in [-0.4, -0.2) is 43.7 Å². The Bertz CT molecular complexity index is 486. The molecule has 1 amide bonds. The average Bonchev–Trinajstić information content (AvgIpc) is 2.89. The molecule has 3 rings (SSSR count). The lowest BCUT2D eigenvalue weighted by Crippen LogP contribution is -2.42. The third-order valence-corrected chi connectivity index (χ3v) is 4.03. The van der Waals surface area contributed by atoms with Crippen LogP contribution in [0.2, 0.25) is 0 Å². The lowest BCUT2D eigenvalue weighted by atomic mass is 10.0. The highest BCUT2D eigenvalue weighted by Gasteiger charge is 2.38. The maximum absolute atomic E-state index is 12.2. The van der Waals surface area contributed by atoms with Gasteiger partial charge in [0.05, 0.1) is 13.7 Å². The van der Waals surface area contributed by atoms with Gasteiger partial charge in [-0.15, -0.1) is 0 Å². The molecule has 1 N–H and O–H groups in total. The summed E-state index contributed by atoms with van der Waals surface area (Å²) in [6.45, 7) is 1.85. The van der Waals surface area contributed by atoms with Gasteiger partial charge in [0.15, 0.2) is 0 Å². The molecule has 2 heterocycles. The second-order valence-electron chi connectivity index (χ2n) is 5.17. The number of methoxy groups -OCH3 is 1. The Labute approximate surface area is 118 Å². The van der Waals surface area contributed by atoms with Crippen molar-refractivity contribution in [3.8, 4) is 5.75 Å². The molecular weight excluding hydrogens is 256 g/mol. The summed E-state index contributed by atoms with van der Waals surface area (Å²) in [6, 6.07) is 8.12. The van der Waals surface area contributed by atoms with Crippen LogP contribution in [0.3, 0.4) is 0 Å². The Morgan fingerprint density at radius 1 is 1.30 bits per heavy atom. The van der Waals surface area contributed by atoms with Gasteiger partial charge in [0, 0.05) is 24.8 Å². The van der Waals surface area contributed by atoms with E-state index in [9.17, 15) is 4.79 Å². The molecule has 2 aliphatic rings. The molecule has 2 saturated heterocycles. The van der Waals surface area contributed by atoms with Crippen molar-refractivity contribution in [1.82, 2.24) is 10.2 Å². The van der Waals surface area contributed by atoms with Crippen LogP contribution in [0.1, 0.15) is 24.6 Å². The highest BCUT2D eigenvalue weighted by Crippen LogP contribution is 2.33. The Hall–Kier alpha value is -1.59. The summed E-state index contributed by atoms with van der Waals surface area (Å²) in [5.74, 6) is 0.976. The molecule has 2 fully saturated rings. The number of para-hydroxylation sites is 1. The predicted octanol–water partition coefficient (Wildman–Crippen LogP) is 1.30. The van der Waals surface area contributed by atoms with Gasteiger partial charge in [0.25, 0.3) is 0 Å². The number of carbonyl (C=O) groups is 1. The fourth-order valence-corrected chi connectivity index (χ4v) is 3.05. The first-order valence-electron chi connectivity index (χ1n) is 7.06. The summed E-state index contributed by atoms with van der Waals surface area (Å²) < 4.78 is 10.8. The molecule has 2 aliphatic heterocycles. The molecule has 1 atom stereocenters. The van der Waals surface area contributed by atoms with Crippen LogP contribution >= 0.6 is 0 Å². The van der Waals surface area contributed by atoms with Crippen molar-refractivity contribution in [2.45, 2.75) is 25.0 Å². The zero-order valence-corrected chi connectivity index (χ0v) is 11.7. The van der Waals surface area contributed by atoms with E-state index >= 15 is 0 Å². The molecule has 108 valence electrons. The quantitative estimate of drug-likeness (QED) is 0.904. The molecule has 1 aromatic rings. The normalized spacial score (nSPS) is 24.1. The first-order valence-corrected chi connectivity index (χ1v) is 7.06. The Morgan fingerprint density at radius 3 is 2.80 bits per heavy atom. The van der Waals surface area contributed by atoms with Crippen LogP contribution in [0.15, 0.2) is 24.3 Å². The van der Waals surface area contributed by atoms with Crippen LogP contribution in [-0.2, 0) is 9.53 Å². The predicted molar refractivity (Wildman–Crippen MR) is 74.4 cm³/mol. The SMILES string of the molecule is COc1ccccc1C1NCC(=O)N1C1CCOCC1. The minimum atomic E-state index is -0.0956. The molecular formula is C15H20N2O3. The molecule has 5 heteroatoms. The van der Waals surface area contributed by atoms with Crippen molar-refractivity contribution in [3.63, 3.8) is 0 Å². The first kappa shape index (κ1) is 13.4. The Morgan fingerprint density at radius 2 is 2.05 bits per heavy atom. The van der Waals surface area contributed by atoms with Gasteiger partial charge in [0.2, 0.25) is 5.91 Å². The van der Waals surface area contributed by atoms with Gasteiger partial charge in [-0.05, 0) is 18.9 Å². The highest BCUT2D eigenvalue weighted by molar-refractivity contribution is 5.81. The molecule has 1 aromatic carbocycles. The van der Waals surface area contributed by atoms with Crippen molar-refractivity contribution in [1.29, 1.82) is 0 Å². The van der Waals surface area contributed by atoms with E-state index in [1.54, 1.807) is 7.11 Å². The van der Waals surface area contributed by atoms with Crippen LogP contribution in [0, 0.1) is 0 Å². The fourth-order valence-electron chi connectivity index (χ4n) is 3.05. The molecule has 0 radical (unpaired) electrons. The highest BCUT2D eigenvalue weighted by atomic mass is 16.5. The van der Waals surface area contributed by atoms with Crippen LogP contribution < -0.4 is 10.1 Å². The van der Waals surface area contributed by atoms with Crippen molar-refractivity contribution < 1.29 is 14.3 Å². The molecule has 0 bridgehead atoms. The summed E-state index contributed by atoms with van der Waals surface area (Å²) in [5, 5.41) is 3.30. The molecule has 0 saturated carbocycles. The largest absolute Gasteiger partial charge is 0.496 e. The first-order chi connectivity index (χ1) is 9.81. The summed E-state index contributed by atoms with van der Waals surface area (Å²) in [6.07, 6.45) is 1.71. The van der Waals surface area contributed by atoms with E-state index in [4.69, 9.17) is 9.47 Å². The van der Waals surface area contributed by atoms with Crippen LogP contribution in [0.25, 0.3) is 0 Å². The monoisotopic (exact) mass is 276 g/mol. The fraction of sp³-hybridized carbons (Fsp3) is 0.533. The van der Waals surface area contributed by atoms with Crippen LogP contribution in [0.4, 0.5) is 0 Å². The molecule has 0 aliphatic carbocycles. The zero-order valence-electron chi connectivity index (χ0n) is 11.7. The molecule has 0 aromatic heterocycles. The summed E-state index contributed by atoms with van der Waals surface area (Å²) >= 11 is 0. The third kappa shape index (κ3) is 2.39. The number of hydrogen-bond donors (Lipinski definition) is 1. The molecule has 20 heavy (non-hydrogen) atoms. The zero-order chi connectivity index (χ0) is 13.9. The average molecular weight is 276 g/mol. The van der Waals surface area contributed by atoms with E-state index in [1.165, 1.54) is 0 Å². The summed E-state index contributed by atoms with van der Waals surface area (Å²) in [4.78, 5) is 14.2. The van der Waals surface area contributed by atoms with Crippen molar-refractivity contribution in [2.24, 2.45) is 0 Å². The number of ether oxygens (including phenoxy) is 2. The van der Waals surface area contributed by atoms with Gasteiger partial charge in [-0.1, -0.05) is 18.2 Å². The Kier molecular flexibility index (Phi) is 3.89. The number of hydrogen-bond acceptors (Lipinski definition) is 4. The summed E-state index contributed by atoms with van der Waals surface area (Å²) in [7, 11) is 1.66. The molecule has 5 nitrogen and oxygen atoms in total. The maximum Gasteiger partial charge on any atom is 0.238 e. The van der Waals surface area contributed by atoms with Crippen LogP contribution in [0.5, 0.6) is 5.75 Å². The number of nitrogens with one attached hydrogen (secondary N) is 1. The smallest absolute Gasteiger partial charge is 0.238 e. The van der Waals surface area contributed by atoms with E-state index in [0.717, 1.165) is 37.4 Å². The number of nitrogens with zero attached hydrogens (tertiary/aromatic N) is 1. The minimum Gasteiger partial charge on any atom is -0.496 e. The van der Waals surface area contributed by atoms with Crippen molar-refractivity contribution >= 4 is 5.91 Å². The van der Waals surface area contributed by atoms with E-state index < -0.39 is 0 Å². The van der Waals surface area contributed by atoms with Gasteiger partial charge in [-0.2, -0.15) is 0 Å². The lowest BCUT2D eigenvalue weighted by molar-refractivity contribution is -0.132. The topological polar surface area (TPSA) is 50.8 Å². The van der Waals surface area contributed by atoms with E-state index in [-0.39, 0.29) is 18.1 Å². The van der Waals surface area contributed by atoms with Gasteiger partial charge < -0.3 is 14.4 Å². The maximum atomic E-state index is 12.2.